The van der Waals surface area contributed by atoms with Crippen LogP contribution in [0, 0.1) is 11.8 Å². The molecule has 3 aliphatic rings. The first kappa shape index (κ1) is 19.8. The molecule has 1 aromatic rings. The van der Waals surface area contributed by atoms with Crippen molar-refractivity contribution in [1.29, 1.82) is 0 Å². The second-order valence-electron chi connectivity index (χ2n) is 7.91. The highest BCUT2D eigenvalue weighted by atomic mass is 35.5. The van der Waals surface area contributed by atoms with Gasteiger partial charge in [0.25, 0.3) is 0 Å². The minimum absolute atomic E-state index is 0.134. The number of carboxylic acids is 1. The van der Waals surface area contributed by atoms with Crippen molar-refractivity contribution in [2.45, 2.75) is 50.7 Å². The molecule has 5 atom stereocenters. The minimum Gasteiger partial charge on any atom is -0.481 e. The van der Waals surface area contributed by atoms with Crippen LogP contribution in [-0.2, 0) is 24.7 Å². The Morgan fingerprint density at radius 2 is 2.03 bits per heavy atom. The Morgan fingerprint density at radius 1 is 1.31 bits per heavy atom. The van der Waals surface area contributed by atoms with E-state index in [0.29, 0.717) is 22.7 Å². The van der Waals surface area contributed by atoms with Crippen molar-refractivity contribution >= 4 is 41.0 Å². The van der Waals surface area contributed by atoms with E-state index in [-0.39, 0.29) is 24.8 Å². The van der Waals surface area contributed by atoms with Crippen LogP contribution in [0.15, 0.2) is 18.2 Å². The van der Waals surface area contributed by atoms with Crippen LogP contribution in [0.25, 0.3) is 0 Å². The molecule has 2 fully saturated rings. The van der Waals surface area contributed by atoms with Crippen LogP contribution in [0.2, 0.25) is 5.02 Å². The zero-order valence-corrected chi connectivity index (χ0v) is 16.8. The molecular formula is C20H22ClN3O5. The molecule has 29 heavy (non-hydrogen) atoms. The number of para-hydroxylation sites is 1. The molecule has 2 saturated heterocycles. The average molecular weight is 420 g/mol. The highest BCUT2D eigenvalue weighted by molar-refractivity contribution is 6.35. The first-order valence-corrected chi connectivity index (χ1v) is 10.1. The summed E-state index contributed by atoms with van der Waals surface area (Å²) in [4.78, 5) is 52.3. The fourth-order valence-electron chi connectivity index (χ4n) is 4.96. The number of hydrogen-bond donors (Lipinski definition) is 3. The van der Waals surface area contributed by atoms with Crippen molar-refractivity contribution in [3.8, 4) is 0 Å². The van der Waals surface area contributed by atoms with Gasteiger partial charge in [-0.2, -0.15) is 0 Å². The summed E-state index contributed by atoms with van der Waals surface area (Å²) >= 11 is 6.26. The molecule has 0 radical (unpaired) electrons. The molecule has 3 aliphatic heterocycles. The van der Waals surface area contributed by atoms with Crippen LogP contribution in [-0.4, -0.2) is 45.8 Å². The quantitative estimate of drug-likeness (QED) is 0.626. The second kappa shape index (κ2) is 6.81. The third kappa shape index (κ3) is 2.62. The van der Waals surface area contributed by atoms with Gasteiger partial charge in [-0.3, -0.25) is 29.4 Å². The summed E-state index contributed by atoms with van der Waals surface area (Å²) in [5.74, 6) is -3.94. The van der Waals surface area contributed by atoms with E-state index in [0.717, 1.165) is 0 Å². The molecule has 0 aliphatic carbocycles. The molecule has 3 heterocycles. The summed E-state index contributed by atoms with van der Waals surface area (Å²) in [6.07, 6.45) is 0.548. The van der Waals surface area contributed by atoms with Crippen molar-refractivity contribution in [2.75, 3.05) is 5.32 Å². The normalized spacial score (nSPS) is 31.2. The predicted molar refractivity (Wildman–Crippen MR) is 104 cm³/mol. The number of fused-ring (bicyclic) bond motifs is 4. The van der Waals surface area contributed by atoms with Crippen LogP contribution in [0.5, 0.6) is 0 Å². The van der Waals surface area contributed by atoms with Gasteiger partial charge in [-0.25, -0.2) is 0 Å². The van der Waals surface area contributed by atoms with E-state index in [9.17, 15) is 19.2 Å². The number of nitrogens with zero attached hydrogens (tertiary/aromatic N) is 1. The number of imide groups is 1. The molecule has 1 aromatic carbocycles. The number of carbonyl (C=O) groups excluding carboxylic acids is 3. The summed E-state index contributed by atoms with van der Waals surface area (Å²) in [5, 5.41) is 15.4. The number of anilines is 1. The fraction of sp³-hybridized carbons (Fsp3) is 0.500. The third-order valence-corrected chi connectivity index (χ3v) is 6.75. The summed E-state index contributed by atoms with van der Waals surface area (Å²) in [6.45, 7) is 3.68. The highest BCUT2D eigenvalue weighted by Crippen LogP contribution is 2.54. The smallest absolute Gasteiger partial charge is 0.303 e. The summed E-state index contributed by atoms with van der Waals surface area (Å²) in [5.41, 5.74) is -0.496. The van der Waals surface area contributed by atoms with Gasteiger partial charge in [-0.1, -0.05) is 30.7 Å². The van der Waals surface area contributed by atoms with E-state index in [2.05, 4.69) is 10.6 Å². The number of halogens is 1. The minimum atomic E-state index is -1.44. The van der Waals surface area contributed by atoms with Crippen molar-refractivity contribution < 1.29 is 24.3 Å². The molecule has 0 saturated carbocycles. The van der Waals surface area contributed by atoms with Crippen LogP contribution in [0.4, 0.5) is 5.69 Å². The molecule has 8 nitrogen and oxygen atoms in total. The van der Waals surface area contributed by atoms with Crippen molar-refractivity contribution in [2.24, 2.45) is 11.8 Å². The van der Waals surface area contributed by atoms with Gasteiger partial charge in [-0.05, 0) is 25.8 Å². The lowest BCUT2D eigenvalue weighted by molar-refractivity contribution is -0.145. The number of aliphatic carboxylic acids is 1. The van der Waals surface area contributed by atoms with Gasteiger partial charge in [0.1, 0.15) is 5.54 Å². The molecular weight excluding hydrogens is 398 g/mol. The predicted octanol–water partition coefficient (Wildman–Crippen LogP) is 1.72. The number of likely N-dealkylation sites (tertiary alicyclic amines) is 1. The van der Waals surface area contributed by atoms with E-state index in [4.69, 9.17) is 16.7 Å². The largest absolute Gasteiger partial charge is 0.481 e. The Kier molecular flexibility index (Phi) is 4.66. The van der Waals surface area contributed by atoms with E-state index in [1.54, 1.807) is 25.1 Å². The molecule has 9 heteroatoms. The number of benzene rings is 1. The van der Waals surface area contributed by atoms with E-state index < -0.39 is 41.2 Å². The maximum atomic E-state index is 13.4. The lowest BCUT2D eigenvalue weighted by atomic mass is 9.76. The van der Waals surface area contributed by atoms with Crippen molar-refractivity contribution in [3.05, 3.63) is 28.8 Å². The van der Waals surface area contributed by atoms with Gasteiger partial charge in [-0.15, -0.1) is 0 Å². The van der Waals surface area contributed by atoms with Gasteiger partial charge >= 0.3 is 5.97 Å². The maximum absolute atomic E-state index is 13.4. The summed E-state index contributed by atoms with van der Waals surface area (Å²) in [6, 6.07) is 4.13. The van der Waals surface area contributed by atoms with E-state index in [1.165, 1.54) is 4.90 Å². The zero-order valence-electron chi connectivity index (χ0n) is 16.1. The first-order chi connectivity index (χ1) is 13.7. The second-order valence-corrected chi connectivity index (χ2v) is 8.32. The van der Waals surface area contributed by atoms with Gasteiger partial charge < -0.3 is 10.4 Å². The molecule has 154 valence electrons. The number of amides is 3. The topological polar surface area (TPSA) is 116 Å². The monoisotopic (exact) mass is 419 g/mol. The van der Waals surface area contributed by atoms with E-state index >= 15 is 0 Å². The van der Waals surface area contributed by atoms with Gasteiger partial charge in [0.15, 0.2) is 0 Å². The Morgan fingerprint density at radius 3 is 2.69 bits per heavy atom. The average Bonchev–Trinajstić information content (AvgIpc) is 3.26. The van der Waals surface area contributed by atoms with Crippen molar-refractivity contribution in [1.82, 2.24) is 10.2 Å². The Hall–Kier alpha value is -2.45. The number of rotatable bonds is 5. The number of nitrogens with one attached hydrogen (secondary N) is 2. The molecule has 0 aromatic heterocycles. The first-order valence-electron chi connectivity index (χ1n) is 9.70. The third-order valence-electron chi connectivity index (χ3n) is 6.43. The number of hydrogen-bond acceptors (Lipinski definition) is 5. The molecule has 3 amide bonds. The number of carboxylic acid groups (broad SMARTS) is 1. The Balaban J connectivity index is 1.86. The van der Waals surface area contributed by atoms with Gasteiger partial charge in [0, 0.05) is 24.1 Å². The van der Waals surface area contributed by atoms with Crippen LogP contribution in [0.3, 0.4) is 0 Å². The molecule has 4 rings (SSSR count). The standard InChI is InChI=1S/C20H22ClN3O5/c1-3-9(2)24-17(27)14-12(7-8-13(25)26)23-20(15(14)18(24)28)10-5-4-6-11(21)16(10)22-19(20)29/h4-6,9,12,14-15,23H,3,7-8H2,1-2H3,(H,22,29)(H,25,26)/t9?,12?,14-,15+,20?/m1/s1. The van der Waals surface area contributed by atoms with Crippen LogP contribution < -0.4 is 10.6 Å². The summed E-state index contributed by atoms with van der Waals surface area (Å²) < 4.78 is 0. The lowest BCUT2D eigenvalue weighted by Crippen LogP contribution is -2.54. The van der Waals surface area contributed by atoms with Crippen LogP contribution in [0.1, 0.15) is 38.7 Å². The van der Waals surface area contributed by atoms with Gasteiger partial charge in [0.05, 0.1) is 22.5 Å². The molecule has 1 spiro atoms. The molecule has 3 unspecified atom stereocenters. The number of carbonyl (C=O) groups is 4. The highest BCUT2D eigenvalue weighted by Gasteiger charge is 2.70. The zero-order chi connectivity index (χ0) is 21.1. The van der Waals surface area contributed by atoms with Gasteiger partial charge in [0.2, 0.25) is 17.7 Å². The summed E-state index contributed by atoms with van der Waals surface area (Å²) in [7, 11) is 0. The molecule has 3 N–H and O–H groups in total. The SMILES string of the molecule is CCC(C)N1C(=O)[C@@H]2C(CCC(=O)O)NC3(C(=O)Nc4c(Cl)cccc43)[C@@H]2C1=O. The Bertz CT molecular complexity index is 935. The van der Waals surface area contributed by atoms with Crippen LogP contribution >= 0.6 is 11.6 Å². The Labute approximate surface area is 172 Å². The molecule has 0 bridgehead atoms. The van der Waals surface area contributed by atoms with Crippen molar-refractivity contribution in [3.63, 3.8) is 0 Å². The fourth-order valence-corrected chi connectivity index (χ4v) is 5.18. The lowest BCUT2D eigenvalue weighted by Gasteiger charge is -2.31. The van der Waals surface area contributed by atoms with E-state index in [1.807, 2.05) is 6.92 Å². The maximum Gasteiger partial charge on any atom is 0.303 e.